The monoisotopic (exact) mass is 171 g/mol. The van der Waals surface area contributed by atoms with Gasteiger partial charge in [0, 0.05) is 0 Å². The van der Waals surface area contributed by atoms with Gasteiger partial charge in [0.2, 0.25) is 0 Å². The van der Waals surface area contributed by atoms with E-state index >= 15 is 0 Å². The Hall–Kier alpha value is 0.0900. The van der Waals surface area contributed by atoms with Gasteiger partial charge in [-0.15, -0.1) is 11.8 Å². The lowest BCUT2D eigenvalue weighted by Crippen LogP contribution is -1.79. The maximum Gasteiger partial charge on any atom is -0.0140 e. The molecule has 0 aliphatic heterocycles. The molecule has 1 radical (unpaired) electrons. The van der Waals surface area contributed by atoms with Crippen LogP contribution >= 0.6 is 11.8 Å². The molecule has 0 unspecified atom stereocenters. The van der Waals surface area contributed by atoms with Crippen LogP contribution in [0.4, 0.5) is 0 Å². The van der Waals surface area contributed by atoms with E-state index in [-0.39, 0.29) is 0 Å². The molecule has 0 rings (SSSR count). The predicted octanol–water partition coefficient (Wildman–Crippen LogP) is 4.04. The summed E-state index contributed by atoms with van der Waals surface area (Å²) in [5.41, 5.74) is 0. The molecule has 0 spiro atoms. The summed E-state index contributed by atoms with van der Waals surface area (Å²) in [4.78, 5) is 1.32. The molecular formula is C10H19S. The first-order chi connectivity index (χ1) is 5.31. The van der Waals surface area contributed by atoms with Crippen LogP contribution in [0.2, 0.25) is 0 Å². The maximum atomic E-state index is 3.94. The average Bonchev–Trinajstić information content (AvgIpc) is 2.04. The first-order valence-corrected chi connectivity index (χ1v) is 5.54. The van der Waals surface area contributed by atoms with Crippen molar-refractivity contribution in [3.63, 3.8) is 0 Å². The molecule has 0 amide bonds. The molecule has 11 heavy (non-hydrogen) atoms. The van der Waals surface area contributed by atoms with E-state index in [0.717, 1.165) is 6.42 Å². The summed E-state index contributed by atoms with van der Waals surface area (Å²) >= 11 is 1.78. The zero-order chi connectivity index (χ0) is 8.53. The van der Waals surface area contributed by atoms with Crippen LogP contribution in [-0.4, -0.2) is 6.26 Å². The summed E-state index contributed by atoms with van der Waals surface area (Å²) in [6.45, 7) is 7.75. The van der Waals surface area contributed by atoms with Gasteiger partial charge in [-0.1, -0.05) is 39.2 Å². The van der Waals surface area contributed by atoms with Crippen molar-refractivity contribution in [1.82, 2.24) is 0 Å². The fourth-order valence-corrected chi connectivity index (χ4v) is 1.30. The SMILES string of the molecule is [CH2]CCCCCCC(=C)SC. The molecule has 0 saturated carbocycles. The standard InChI is InChI=1S/C10H19S/c1-4-5-6-7-8-9-10(2)11-3/h1-2,4-9H2,3H3. The number of allylic oxidation sites excluding steroid dienone is 1. The second-order valence-corrected chi connectivity index (χ2v) is 3.75. The van der Waals surface area contributed by atoms with E-state index in [1.165, 1.54) is 37.0 Å². The van der Waals surface area contributed by atoms with E-state index in [1.54, 1.807) is 11.8 Å². The zero-order valence-corrected chi connectivity index (χ0v) is 8.38. The van der Waals surface area contributed by atoms with Crippen molar-refractivity contribution in [2.45, 2.75) is 38.5 Å². The topological polar surface area (TPSA) is 0 Å². The molecule has 0 heterocycles. The van der Waals surface area contributed by atoms with Gasteiger partial charge >= 0.3 is 0 Å². The minimum absolute atomic E-state index is 1.09. The Labute approximate surface area is 75.5 Å². The molecule has 1 heteroatoms. The summed E-state index contributed by atoms with van der Waals surface area (Å²) in [6.07, 6.45) is 9.64. The summed E-state index contributed by atoms with van der Waals surface area (Å²) in [5.74, 6) is 0. The molecule has 0 aliphatic carbocycles. The molecule has 0 atom stereocenters. The quantitative estimate of drug-likeness (QED) is 0.521. The van der Waals surface area contributed by atoms with Crippen LogP contribution in [0.3, 0.4) is 0 Å². The van der Waals surface area contributed by atoms with Crippen LogP contribution in [0.5, 0.6) is 0 Å². The second kappa shape index (κ2) is 8.19. The summed E-state index contributed by atoms with van der Waals surface area (Å²) in [6, 6.07) is 0. The largest absolute Gasteiger partial charge is 0.135 e. The summed E-state index contributed by atoms with van der Waals surface area (Å²) in [5, 5.41) is 0. The normalized spacial score (nSPS) is 10.0. The van der Waals surface area contributed by atoms with Gasteiger partial charge < -0.3 is 0 Å². The molecular weight excluding hydrogens is 152 g/mol. The van der Waals surface area contributed by atoms with Gasteiger partial charge in [-0.05, 0) is 24.0 Å². The van der Waals surface area contributed by atoms with Gasteiger partial charge in [0.05, 0.1) is 0 Å². The van der Waals surface area contributed by atoms with Crippen molar-refractivity contribution >= 4 is 11.8 Å². The van der Waals surface area contributed by atoms with E-state index in [2.05, 4.69) is 19.8 Å². The zero-order valence-electron chi connectivity index (χ0n) is 7.57. The smallest absolute Gasteiger partial charge is 0.0140 e. The molecule has 0 nitrogen and oxygen atoms in total. The number of rotatable bonds is 7. The molecule has 0 aromatic rings. The predicted molar refractivity (Wildman–Crippen MR) is 55.7 cm³/mol. The van der Waals surface area contributed by atoms with Crippen LogP contribution in [0.25, 0.3) is 0 Å². The first kappa shape index (κ1) is 11.1. The Morgan fingerprint density at radius 1 is 1.18 bits per heavy atom. The highest BCUT2D eigenvalue weighted by atomic mass is 32.2. The van der Waals surface area contributed by atoms with Gasteiger partial charge in [-0.2, -0.15) is 0 Å². The summed E-state index contributed by atoms with van der Waals surface area (Å²) < 4.78 is 0. The van der Waals surface area contributed by atoms with Crippen molar-refractivity contribution in [3.8, 4) is 0 Å². The van der Waals surface area contributed by atoms with Gasteiger partial charge in [0.1, 0.15) is 0 Å². The fourth-order valence-electron chi connectivity index (χ4n) is 0.955. The minimum Gasteiger partial charge on any atom is -0.135 e. The van der Waals surface area contributed by atoms with Crippen molar-refractivity contribution in [2.75, 3.05) is 6.26 Å². The van der Waals surface area contributed by atoms with Crippen molar-refractivity contribution < 1.29 is 0 Å². The first-order valence-electron chi connectivity index (χ1n) is 4.32. The highest BCUT2D eigenvalue weighted by Crippen LogP contribution is 2.17. The number of hydrogen-bond donors (Lipinski definition) is 0. The lowest BCUT2D eigenvalue weighted by molar-refractivity contribution is 0.650. The Morgan fingerprint density at radius 2 is 1.82 bits per heavy atom. The van der Waals surface area contributed by atoms with Crippen LogP contribution in [-0.2, 0) is 0 Å². The van der Waals surface area contributed by atoms with E-state index < -0.39 is 0 Å². The van der Waals surface area contributed by atoms with Crippen LogP contribution in [0.1, 0.15) is 38.5 Å². The van der Waals surface area contributed by atoms with Gasteiger partial charge in [0.25, 0.3) is 0 Å². The third-order valence-corrected chi connectivity index (χ3v) is 2.53. The maximum absolute atomic E-state index is 3.94. The fraction of sp³-hybridized carbons (Fsp3) is 0.700. The number of hydrogen-bond acceptors (Lipinski definition) is 1. The molecule has 65 valence electrons. The Balaban J connectivity index is 2.95. The van der Waals surface area contributed by atoms with Crippen molar-refractivity contribution in [3.05, 3.63) is 18.4 Å². The lowest BCUT2D eigenvalue weighted by Gasteiger charge is -2.00. The summed E-state index contributed by atoms with van der Waals surface area (Å²) in [7, 11) is 0. The molecule has 0 fully saturated rings. The third-order valence-electron chi connectivity index (χ3n) is 1.74. The highest BCUT2D eigenvalue weighted by molar-refractivity contribution is 8.02. The Kier molecular flexibility index (Phi) is 8.26. The molecule has 0 aromatic carbocycles. The van der Waals surface area contributed by atoms with Crippen molar-refractivity contribution in [1.29, 1.82) is 0 Å². The minimum atomic E-state index is 1.09. The third kappa shape index (κ3) is 7.99. The van der Waals surface area contributed by atoms with E-state index in [1.807, 2.05) is 0 Å². The van der Waals surface area contributed by atoms with Crippen LogP contribution in [0, 0.1) is 6.92 Å². The van der Waals surface area contributed by atoms with Crippen molar-refractivity contribution in [2.24, 2.45) is 0 Å². The van der Waals surface area contributed by atoms with Crippen LogP contribution < -0.4 is 0 Å². The molecule has 0 aromatic heterocycles. The second-order valence-electron chi connectivity index (χ2n) is 2.76. The van der Waals surface area contributed by atoms with E-state index in [0.29, 0.717) is 0 Å². The molecule has 0 N–H and O–H groups in total. The van der Waals surface area contributed by atoms with E-state index in [4.69, 9.17) is 0 Å². The Bertz CT molecular complexity index is 97.0. The molecule has 0 saturated heterocycles. The number of unbranched alkanes of at least 4 members (excludes halogenated alkanes) is 4. The van der Waals surface area contributed by atoms with E-state index in [9.17, 15) is 0 Å². The molecule has 0 bridgehead atoms. The van der Waals surface area contributed by atoms with Gasteiger partial charge in [0.15, 0.2) is 0 Å². The van der Waals surface area contributed by atoms with Crippen LogP contribution in [0.15, 0.2) is 11.5 Å². The average molecular weight is 171 g/mol. The highest BCUT2D eigenvalue weighted by Gasteiger charge is 1.91. The molecule has 0 aliphatic rings. The number of thioether (sulfide) groups is 1. The lowest BCUT2D eigenvalue weighted by atomic mass is 10.1. The van der Waals surface area contributed by atoms with Gasteiger partial charge in [-0.3, -0.25) is 0 Å². The van der Waals surface area contributed by atoms with Gasteiger partial charge in [-0.25, -0.2) is 0 Å². The Morgan fingerprint density at radius 3 is 2.36 bits per heavy atom.